The fraction of sp³-hybridized carbons (Fsp3) is 0.231. The first-order valence-corrected chi connectivity index (χ1v) is 5.36. The number of hydrogen-bond acceptors (Lipinski definition) is 2. The number of carboxylic acids is 1. The Morgan fingerprint density at radius 2 is 1.75 bits per heavy atom. The lowest BCUT2D eigenvalue weighted by Gasteiger charge is -2.27. The Morgan fingerprint density at radius 1 is 1.20 bits per heavy atom. The predicted molar refractivity (Wildman–Crippen MR) is 63.6 cm³/mol. The summed E-state index contributed by atoms with van der Waals surface area (Å²) in [6.45, 7) is 0.359. The van der Waals surface area contributed by atoms with E-state index >= 15 is 0 Å². The number of amides is 1. The minimum atomic E-state index is -5.14. The highest BCUT2D eigenvalue weighted by Crippen LogP contribution is 2.30. The average Bonchev–Trinajstić information content (AvgIpc) is 2.36. The first kappa shape index (κ1) is 15.6. The maximum atomic E-state index is 12.6. The van der Waals surface area contributed by atoms with E-state index in [0.29, 0.717) is 12.5 Å². The quantitative estimate of drug-likeness (QED) is 0.810. The largest absolute Gasteiger partial charge is 0.479 e. The summed E-state index contributed by atoms with van der Waals surface area (Å²) in [5.74, 6) is 0.722. The minimum absolute atomic E-state index is 0.359. The van der Waals surface area contributed by atoms with E-state index in [1.165, 1.54) is 5.32 Å². The fourth-order valence-electron chi connectivity index (χ4n) is 1.15. The zero-order valence-corrected chi connectivity index (χ0v) is 10.3. The number of benzene rings is 1. The second-order valence-electron chi connectivity index (χ2n) is 4.00. The molecule has 106 valence electrons. The highest BCUT2D eigenvalue weighted by Gasteiger charge is 2.58. The minimum Gasteiger partial charge on any atom is -0.479 e. The molecule has 1 atom stereocenters. The molecule has 4 nitrogen and oxygen atoms in total. The molecule has 0 aromatic heterocycles. The van der Waals surface area contributed by atoms with Crippen LogP contribution in [-0.4, -0.2) is 28.7 Å². The second kappa shape index (κ2) is 5.65. The number of carboxylic acid groups (broad SMARTS) is 1. The van der Waals surface area contributed by atoms with E-state index in [1.54, 1.807) is 30.3 Å². The van der Waals surface area contributed by atoms with Crippen molar-refractivity contribution in [1.82, 2.24) is 5.32 Å². The Morgan fingerprint density at radius 3 is 2.20 bits per heavy atom. The molecule has 1 unspecified atom stereocenters. The third-order valence-corrected chi connectivity index (χ3v) is 2.45. The molecule has 0 aliphatic carbocycles. The molecule has 1 aromatic carbocycles. The number of alkyl halides is 3. The SMILES string of the molecule is CC(NC(=O)C#Cc1ccccc1)(C(=O)O)C(F)(F)F. The molecule has 2 N–H and O–H groups in total. The lowest BCUT2D eigenvalue weighted by molar-refractivity contribution is -0.206. The van der Waals surface area contributed by atoms with Crippen LogP contribution in [0.3, 0.4) is 0 Å². The van der Waals surface area contributed by atoms with E-state index in [1.807, 2.05) is 5.92 Å². The van der Waals surface area contributed by atoms with Gasteiger partial charge in [-0.05, 0) is 19.1 Å². The molecule has 0 heterocycles. The summed E-state index contributed by atoms with van der Waals surface area (Å²) in [6, 6.07) is 8.09. The van der Waals surface area contributed by atoms with Crippen molar-refractivity contribution in [3.05, 3.63) is 35.9 Å². The van der Waals surface area contributed by atoms with Crippen molar-refractivity contribution in [2.24, 2.45) is 0 Å². The van der Waals surface area contributed by atoms with E-state index in [0.717, 1.165) is 0 Å². The monoisotopic (exact) mass is 285 g/mol. The normalized spacial score (nSPS) is 13.6. The third kappa shape index (κ3) is 3.51. The first-order chi connectivity index (χ1) is 9.17. The summed E-state index contributed by atoms with van der Waals surface area (Å²) in [7, 11) is 0. The lowest BCUT2D eigenvalue weighted by Crippen LogP contribution is -2.61. The van der Waals surface area contributed by atoms with Crippen LogP contribution in [-0.2, 0) is 9.59 Å². The molecule has 1 rings (SSSR count). The van der Waals surface area contributed by atoms with Gasteiger partial charge in [-0.15, -0.1) is 0 Å². The standard InChI is InChI=1S/C13H10F3NO3/c1-12(11(19)20,13(14,15)16)17-10(18)8-7-9-5-3-2-4-6-9/h2-6H,1H3,(H,17,18)(H,19,20). The zero-order valence-electron chi connectivity index (χ0n) is 10.3. The smallest absolute Gasteiger partial charge is 0.422 e. The molecule has 0 aliphatic rings. The predicted octanol–water partition coefficient (Wildman–Crippen LogP) is 1.56. The number of hydrogen-bond donors (Lipinski definition) is 2. The van der Waals surface area contributed by atoms with Crippen molar-refractivity contribution in [1.29, 1.82) is 0 Å². The number of carbonyl (C=O) groups is 2. The number of nitrogens with one attached hydrogen (secondary N) is 1. The van der Waals surface area contributed by atoms with Gasteiger partial charge in [-0.1, -0.05) is 24.1 Å². The summed E-state index contributed by atoms with van der Waals surface area (Å²) in [6.07, 6.45) is -5.14. The molecule has 0 spiro atoms. The van der Waals surface area contributed by atoms with E-state index in [4.69, 9.17) is 5.11 Å². The zero-order chi connectivity index (χ0) is 15.4. The number of halogens is 3. The highest BCUT2D eigenvalue weighted by atomic mass is 19.4. The molecule has 0 fully saturated rings. The summed E-state index contributed by atoms with van der Waals surface area (Å²) in [5.41, 5.74) is -2.96. The molecule has 0 saturated heterocycles. The van der Waals surface area contributed by atoms with Crippen LogP contribution in [0.15, 0.2) is 30.3 Å². The number of rotatable bonds is 2. The van der Waals surface area contributed by atoms with Crippen LogP contribution in [0.5, 0.6) is 0 Å². The molecule has 0 saturated carbocycles. The van der Waals surface area contributed by atoms with Gasteiger partial charge in [0.05, 0.1) is 0 Å². The van der Waals surface area contributed by atoms with Gasteiger partial charge in [0, 0.05) is 11.5 Å². The highest BCUT2D eigenvalue weighted by molar-refractivity contribution is 5.98. The maximum absolute atomic E-state index is 12.6. The Balaban J connectivity index is 2.90. The molecular weight excluding hydrogens is 275 g/mol. The molecule has 7 heteroatoms. The van der Waals surface area contributed by atoms with Gasteiger partial charge in [0.2, 0.25) is 5.54 Å². The van der Waals surface area contributed by atoms with Gasteiger partial charge >= 0.3 is 12.1 Å². The maximum Gasteiger partial charge on any atom is 0.422 e. The van der Waals surface area contributed by atoms with Crippen LogP contribution in [0.2, 0.25) is 0 Å². The molecular formula is C13H10F3NO3. The van der Waals surface area contributed by atoms with Crippen LogP contribution in [0.1, 0.15) is 12.5 Å². The van der Waals surface area contributed by atoms with E-state index in [2.05, 4.69) is 5.92 Å². The average molecular weight is 285 g/mol. The summed E-state index contributed by atoms with van der Waals surface area (Å²) in [5, 5.41) is 9.99. The van der Waals surface area contributed by atoms with Crippen molar-refractivity contribution in [3.63, 3.8) is 0 Å². The summed E-state index contributed by atoms with van der Waals surface area (Å²) in [4.78, 5) is 22.0. The van der Waals surface area contributed by atoms with Gasteiger partial charge in [-0.2, -0.15) is 13.2 Å². The van der Waals surface area contributed by atoms with Crippen molar-refractivity contribution in [2.75, 3.05) is 0 Å². The fourth-order valence-corrected chi connectivity index (χ4v) is 1.15. The van der Waals surface area contributed by atoms with Crippen molar-refractivity contribution in [2.45, 2.75) is 18.6 Å². The van der Waals surface area contributed by atoms with E-state index in [-0.39, 0.29) is 0 Å². The van der Waals surface area contributed by atoms with Crippen molar-refractivity contribution in [3.8, 4) is 11.8 Å². The Labute approximate surface area is 112 Å². The van der Waals surface area contributed by atoms with Gasteiger partial charge in [0.15, 0.2) is 0 Å². The molecule has 0 bridgehead atoms. The second-order valence-corrected chi connectivity index (χ2v) is 4.00. The molecule has 1 aromatic rings. The van der Waals surface area contributed by atoms with Crippen LogP contribution in [0.4, 0.5) is 13.2 Å². The Hall–Kier alpha value is -2.49. The molecule has 20 heavy (non-hydrogen) atoms. The van der Waals surface area contributed by atoms with Crippen LogP contribution in [0, 0.1) is 11.8 Å². The first-order valence-electron chi connectivity index (χ1n) is 5.36. The van der Waals surface area contributed by atoms with Gasteiger partial charge in [0.25, 0.3) is 5.91 Å². The van der Waals surface area contributed by atoms with Crippen LogP contribution >= 0.6 is 0 Å². The topological polar surface area (TPSA) is 66.4 Å². The molecule has 0 radical (unpaired) electrons. The van der Waals surface area contributed by atoms with Gasteiger partial charge in [-0.25, -0.2) is 4.79 Å². The molecule has 0 aliphatic heterocycles. The van der Waals surface area contributed by atoms with Gasteiger partial charge in [-0.3, -0.25) is 4.79 Å². The van der Waals surface area contributed by atoms with Crippen LogP contribution < -0.4 is 5.32 Å². The number of carbonyl (C=O) groups excluding carboxylic acids is 1. The third-order valence-electron chi connectivity index (χ3n) is 2.45. The van der Waals surface area contributed by atoms with E-state index in [9.17, 15) is 22.8 Å². The van der Waals surface area contributed by atoms with Gasteiger partial charge in [0.1, 0.15) is 0 Å². The van der Waals surface area contributed by atoms with Crippen LogP contribution in [0.25, 0.3) is 0 Å². The van der Waals surface area contributed by atoms with Gasteiger partial charge < -0.3 is 10.4 Å². The number of aliphatic carboxylic acids is 1. The van der Waals surface area contributed by atoms with E-state index < -0.39 is 23.6 Å². The summed E-state index contributed by atoms with van der Waals surface area (Å²) < 4.78 is 37.9. The summed E-state index contributed by atoms with van der Waals surface area (Å²) >= 11 is 0. The molecule has 1 amide bonds. The van der Waals surface area contributed by atoms with Crippen molar-refractivity contribution >= 4 is 11.9 Å². The Bertz CT molecular complexity index is 572. The van der Waals surface area contributed by atoms with Crippen molar-refractivity contribution < 1.29 is 27.9 Å². The Kier molecular flexibility index (Phi) is 4.40. The lowest BCUT2D eigenvalue weighted by atomic mass is 10.0.